The molecule has 1 aliphatic carbocycles. The number of carboxylic acid groups (broad SMARTS) is 1. The first-order valence-electron chi connectivity index (χ1n) is 14.9. The van der Waals surface area contributed by atoms with E-state index in [2.05, 4.69) is 0 Å². The molecule has 1 fully saturated rings. The van der Waals surface area contributed by atoms with Gasteiger partial charge in [-0.2, -0.15) is 0 Å². The Morgan fingerprint density at radius 1 is 0.929 bits per heavy atom. The molecule has 42 heavy (non-hydrogen) atoms. The monoisotopic (exact) mass is 573 g/mol. The summed E-state index contributed by atoms with van der Waals surface area (Å²) in [6, 6.07) is 22.1. The Labute approximate surface area is 249 Å². The minimum atomic E-state index is -0.996. The number of benzene rings is 3. The first kappa shape index (κ1) is 31.1. The van der Waals surface area contributed by atoms with E-state index in [1.165, 1.54) is 6.42 Å². The fraction of sp³-hybridized carbons (Fsp3) is 0.429. The average Bonchev–Trinajstić information content (AvgIpc) is 2.97. The Morgan fingerprint density at radius 2 is 1.57 bits per heavy atom. The molecule has 0 saturated heterocycles. The fourth-order valence-corrected chi connectivity index (χ4v) is 5.33. The Kier molecular flexibility index (Phi) is 10.3. The van der Waals surface area contributed by atoms with Crippen LogP contribution in [0.3, 0.4) is 0 Å². The lowest BCUT2D eigenvalue weighted by Gasteiger charge is -2.34. The third-order valence-corrected chi connectivity index (χ3v) is 7.70. The van der Waals surface area contributed by atoms with E-state index in [0.29, 0.717) is 18.7 Å². The largest absolute Gasteiger partial charge is 0.490 e. The van der Waals surface area contributed by atoms with E-state index < -0.39 is 29.8 Å². The number of carbonyl (C=O) groups is 2. The van der Waals surface area contributed by atoms with Crippen molar-refractivity contribution in [3.05, 3.63) is 89.5 Å². The first-order chi connectivity index (χ1) is 20.0. The van der Waals surface area contributed by atoms with Crippen molar-refractivity contribution in [1.29, 1.82) is 0 Å². The van der Waals surface area contributed by atoms with E-state index in [1.54, 1.807) is 11.0 Å². The molecule has 7 heteroatoms. The molecule has 1 saturated carbocycles. The standard InChI is InChI=1S/C35H43NO6/c1-24(32(37)27-11-7-5-8-12-27)36(34(40)42-35(2,3)4)22-21-25-15-17-26(18-16-25)28-19-20-30(33(38)39)31(23-28)41-29-13-9-6-10-14-29/h5,7-8,11-12,15-20,23-24,29,32,37H,6,9-10,13-14,21-22H2,1-4H3,(H,38,39)/t24-,32-/m0/s1. The maximum Gasteiger partial charge on any atom is 0.410 e. The first-order valence-corrected chi connectivity index (χ1v) is 14.9. The molecule has 1 amide bonds. The summed E-state index contributed by atoms with van der Waals surface area (Å²) < 4.78 is 11.9. The lowest BCUT2D eigenvalue weighted by Crippen LogP contribution is -2.45. The zero-order valence-corrected chi connectivity index (χ0v) is 25.1. The van der Waals surface area contributed by atoms with Crippen molar-refractivity contribution in [3.63, 3.8) is 0 Å². The molecule has 0 unspecified atom stereocenters. The Morgan fingerprint density at radius 3 is 2.19 bits per heavy atom. The molecule has 2 N–H and O–H groups in total. The normalized spacial score (nSPS) is 15.5. The minimum absolute atomic E-state index is 0.0465. The highest BCUT2D eigenvalue weighted by atomic mass is 16.6. The van der Waals surface area contributed by atoms with Crippen molar-refractivity contribution in [2.75, 3.05) is 6.54 Å². The summed E-state index contributed by atoms with van der Waals surface area (Å²) in [5, 5.41) is 20.8. The molecule has 0 bridgehead atoms. The fourth-order valence-electron chi connectivity index (χ4n) is 5.33. The highest BCUT2D eigenvalue weighted by Crippen LogP contribution is 2.31. The van der Waals surface area contributed by atoms with Crippen molar-refractivity contribution in [3.8, 4) is 16.9 Å². The number of hydrogen-bond acceptors (Lipinski definition) is 5. The van der Waals surface area contributed by atoms with Gasteiger partial charge in [-0.15, -0.1) is 0 Å². The molecule has 224 valence electrons. The van der Waals surface area contributed by atoms with E-state index in [4.69, 9.17) is 9.47 Å². The number of aliphatic hydroxyl groups is 1. The van der Waals surface area contributed by atoms with Crippen molar-refractivity contribution in [2.45, 2.75) is 90.1 Å². The van der Waals surface area contributed by atoms with Crippen LogP contribution in [0.1, 0.15) is 87.4 Å². The van der Waals surface area contributed by atoms with Crippen LogP contribution >= 0.6 is 0 Å². The van der Waals surface area contributed by atoms with Crippen LogP contribution < -0.4 is 4.74 Å². The van der Waals surface area contributed by atoms with Crippen LogP contribution in [0.5, 0.6) is 5.75 Å². The lowest BCUT2D eigenvalue weighted by atomic mass is 9.97. The molecule has 1 aliphatic rings. The van der Waals surface area contributed by atoms with Gasteiger partial charge in [0.15, 0.2) is 0 Å². The third kappa shape index (κ3) is 8.35. The van der Waals surface area contributed by atoms with Crippen molar-refractivity contribution in [2.24, 2.45) is 0 Å². The summed E-state index contributed by atoms with van der Waals surface area (Å²) in [4.78, 5) is 26.6. The van der Waals surface area contributed by atoms with Gasteiger partial charge in [-0.3, -0.25) is 0 Å². The smallest absolute Gasteiger partial charge is 0.410 e. The number of rotatable bonds is 10. The number of hydrogen-bond donors (Lipinski definition) is 2. The molecule has 3 aromatic rings. The predicted octanol–water partition coefficient (Wildman–Crippen LogP) is 7.67. The summed E-state index contributed by atoms with van der Waals surface area (Å²) in [6.07, 6.45) is 4.57. The molecule has 0 aromatic heterocycles. The third-order valence-electron chi connectivity index (χ3n) is 7.70. The summed E-state index contributed by atoms with van der Waals surface area (Å²) in [5.74, 6) is -0.584. The number of carboxylic acids is 1. The summed E-state index contributed by atoms with van der Waals surface area (Å²) >= 11 is 0. The molecule has 3 aromatic carbocycles. The van der Waals surface area contributed by atoms with Gasteiger partial charge in [0, 0.05) is 6.54 Å². The highest BCUT2D eigenvalue weighted by Gasteiger charge is 2.30. The number of aromatic carboxylic acids is 1. The summed E-state index contributed by atoms with van der Waals surface area (Å²) in [7, 11) is 0. The highest BCUT2D eigenvalue weighted by molar-refractivity contribution is 5.92. The van der Waals surface area contributed by atoms with Gasteiger partial charge < -0.3 is 24.6 Å². The Bertz CT molecular complexity index is 1330. The van der Waals surface area contributed by atoms with Crippen molar-refractivity contribution in [1.82, 2.24) is 4.90 Å². The zero-order chi connectivity index (χ0) is 30.3. The number of amides is 1. The molecule has 0 aliphatic heterocycles. The number of ether oxygens (including phenoxy) is 2. The Balaban J connectivity index is 1.49. The molecule has 7 nitrogen and oxygen atoms in total. The van der Waals surface area contributed by atoms with Crippen LogP contribution in [0.2, 0.25) is 0 Å². The van der Waals surface area contributed by atoms with Gasteiger partial charge in [0.2, 0.25) is 0 Å². The minimum Gasteiger partial charge on any atom is -0.490 e. The van der Waals surface area contributed by atoms with Crippen molar-refractivity contribution >= 4 is 12.1 Å². The van der Waals surface area contributed by atoms with Crippen LogP contribution in [-0.2, 0) is 11.2 Å². The van der Waals surface area contributed by atoms with E-state index in [9.17, 15) is 19.8 Å². The molecule has 0 radical (unpaired) electrons. The topological polar surface area (TPSA) is 96.3 Å². The van der Waals surface area contributed by atoms with Crippen LogP contribution in [0.4, 0.5) is 4.79 Å². The molecular formula is C35H43NO6. The average molecular weight is 574 g/mol. The van der Waals surface area contributed by atoms with Crippen LogP contribution in [0.15, 0.2) is 72.8 Å². The summed E-state index contributed by atoms with van der Waals surface area (Å²) in [5.41, 5.74) is 3.10. The van der Waals surface area contributed by atoms with E-state index in [1.807, 2.05) is 94.4 Å². The Hall–Kier alpha value is -3.84. The second kappa shape index (κ2) is 13.9. The molecule has 0 spiro atoms. The van der Waals surface area contributed by atoms with Gasteiger partial charge in [-0.25, -0.2) is 9.59 Å². The SMILES string of the molecule is C[C@@H]([C@H](O)c1ccccc1)N(CCc1ccc(-c2ccc(C(=O)O)c(OC3CCCCC3)c2)cc1)C(=O)OC(C)(C)C. The van der Waals surface area contributed by atoms with Gasteiger partial charge in [0.25, 0.3) is 0 Å². The van der Waals surface area contributed by atoms with Crippen molar-refractivity contribution < 1.29 is 29.3 Å². The maximum atomic E-state index is 13.2. The van der Waals surface area contributed by atoms with Crippen LogP contribution in [0.25, 0.3) is 11.1 Å². The lowest BCUT2D eigenvalue weighted by molar-refractivity contribution is -0.00239. The van der Waals surface area contributed by atoms with Gasteiger partial charge in [-0.1, -0.05) is 67.1 Å². The predicted molar refractivity (Wildman–Crippen MR) is 164 cm³/mol. The van der Waals surface area contributed by atoms with E-state index in [-0.39, 0.29) is 11.7 Å². The van der Waals surface area contributed by atoms with Gasteiger partial charge in [0.05, 0.1) is 18.2 Å². The van der Waals surface area contributed by atoms with Crippen LogP contribution in [0, 0.1) is 0 Å². The van der Waals surface area contributed by atoms with Gasteiger partial charge in [0.1, 0.15) is 16.9 Å². The quantitative estimate of drug-likeness (QED) is 0.258. The van der Waals surface area contributed by atoms with E-state index >= 15 is 0 Å². The second-order valence-electron chi connectivity index (χ2n) is 12.1. The van der Waals surface area contributed by atoms with E-state index in [0.717, 1.165) is 47.9 Å². The molecule has 2 atom stereocenters. The van der Waals surface area contributed by atoms with Gasteiger partial charge >= 0.3 is 12.1 Å². The molecule has 4 rings (SSSR count). The number of carbonyl (C=O) groups excluding carboxylic acids is 1. The zero-order valence-electron chi connectivity index (χ0n) is 25.1. The van der Waals surface area contributed by atoms with Gasteiger partial charge in [-0.05, 0) is 94.2 Å². The molecule has 0 heterocycles. The van der Waals surface area contributed by atoms with Crippen LogP contribution in [-0.4, -0.2) is 51.5 Å². The second-order valence-corrected chi connectivity index (χ2v) is 12.1. The maximum absolute atomic E-state index is 13.2. The summed E-state index contributed by atoms with van der Waals surface area (Å²) in [6.45, 7) is 7.68. The number of aliphatic hydroxyl groups excluding tert-OH is 1. The molecular weight excluding hydrogens is 530 g/mol. The number of nitrogens with zero attached hydrogens (tertiary/aromatic N) is 1.